The van der Waals surface area contributed by atoms with Gasteiger partial charge in [0, 0.05) is 37.3 Å². The van der Waals surface area contributed by atoms with Crippen LogP contribution < -0.4 is 11.1 Å². The molecule has 0 aliphatic heterocycles. The molecule has 4 rings (SSSR count). The average molecular weight is 467 g/mol. The SMILES string of the molecule is CN(Cc1ccccc1NC(=O)CCCn1c(=O)oc2cc([N+](=O)[O-])ccc21)C1CCCCC1. The van der Waals surface area contributed by atoms with Crippen LogP contribution in [0.25, 0.3) is 11.1 Å². The van der Waals surface area contributed by atoms with Crippen LogP contribution in [-0.4, -0.2) is 33.4 Å². The number of carbonyl (C=O) groups excluding carboxylic acids is 1. The average Bonchev–Trinajstić information content (AvgIpc) is 3.15. The molecule has 0 unspecified atom stereocenters. The third-order valence-electron chi connectivity index (χ3n) is 6.56. The van der Waals surface area contributed by atoms with E-state index in [-0.39, 0.29) is 30.1 Å². The number of aromatic nitrogens is 1. The standard InChI is InChI=1S/C25H30N4O5/c1-27(19-9-3-2-4-10-19)17-18-8-5-6-11-21(18)26-24(30)12-7-15-28-22-14-13-20(29(32)33)16-23(22)34-25(28)31/h5-6,8,11,13-14,16,19H,2-4,7,9-10,12,15,17H2,1H3,(H,26,30). The molecule has 0 atom stereocenters. The third-order valence-corrected chi connectivity index (χ3v) is 6.56. The van der Waals surface area contributed by atoms with Gasteiger partial charge in [-0.2, -0.15) is 0 Å². The largest absolute Gasteiger partial charge is 0.419 e. The maximum atomic E-state index is 12.6. The zero-order valence-electron chi connectivity index (χ0n) is 19.4. The number of oxazole rings is 1. The number of benzene rings is 2. The summed E-state index contributed by atoms with van der Waals surface area (Å²) in [5, 5.41) is 13.9. The molecule has 0 spiro atoms. The highest BCUT2D eigenvalue weighted by atomic mass is 16.6. The molecular weight excluding hydrogens is 436 g/mol. The lowest BCUT2D eigenvalue weighted by atomic mass is 9.94. The number of nitro groups is 1. The zero-order chi connectivity index (χ0) is 24.1. The van der Waals surface area contributed by atoms with Crippen molar-refractivity contribution in [3.63, 3.8) is 0 Å². The second-order valence-corrected chi connectivity index (χ2v) is 8.94. The van der Waals surface area contributed by atoms with E-state index in [0.29, 0.717) is 18.0 Å². The fourth-order valence-corrected chi connectivity index (χ4v) is 4.69. The maximum absolute atomic E-state index is 12.6. The number of aryl methyl sites for hydroxylation is 1. The van der Waals surface area contributed by atoms with Gasteiger partial charge in [-0.05, 0) is 44.0 Å². The van der Waals surface area contributed by atoms with Gasteiger partial charge in [-0.3, -0.25) is 24.4 Å². The summed E-state index contributed by atoms with van der Waals surface area (Å²) in [6, 6.07) is 12.5. The van der Waals surface area contributed by atoms with Gasteiger partial charge in [0.05, 0.1) is 16.5 Å². The minimum Gasteiger partial charge on any atom is -0.407 e. The van der Waals surface area contributed by atoms with Crippen LogP contribution in [0, 0.1) is 10.1 Å². The van der Waals surface area contributed by atoms with Gasteiger partial charge in [-0.15, -0.1) is 0 Å². The van der Waals surface area contributed by atoms with Gasteiger partial charge in [0.15, 0.2) is 5.58 Å². The number of rotatable bonds is 9. The number of para-hydroxylation sites is 1. The lowest BCUT2D eigenvalue weighted by molar-refractivity contribution is -0.384. The Bertz CT molecular complexity index is 1230. The topological polar surface area (TPSA) is 111 Å². The number of nitrogens with one attached hydrogen (secondary N) is 1. The van der Waals surface area contributed by atoms with Crippen LogP contribution in [-0.2, 0) is 17.9 Å². The minimum absolute atomic E-state index is 0.121. The summed E-state index contributed by atoms with van der Waals surface area (Å²) in [4.78, 5) is 37.6. The van der Waals surface area contributed by atoms with Gasteiger partial charge in [-0.25, -0.2) is 4.79 Å². The Morgan fingerprint density at radius 1 is 1.21 bits per heavy atom. The van der Waals surface area contributed by atoms with Crippen molar-refractivity contribution in [2.45, 2.75) is 64.1 Å². The van der Waals surface area contributed by atoms with Gasteiger partial charge in [0.2, 0.25) is 5.91 Å². The molecule has 1 amide bonds. The van der Waals surface area contributed by atoms with E-state index in [0.717, 1.165) is 17.8 Å². The summed E-state index contributed by atoms with van der Waals surface area (Å²) in [6.07, 6.45) is 6.98. The van der Waals surface area contributed by atoms with E-state index in [4.69, 9.17) is 4.42 Å². The molecule has 0 radical (unpaired) electrons. The Kier molecular flexibility index (Phi) is 7.42. The number of hydrogen-bond acceptors (Lipinski definition) is 6. The van der Waals surface area contributed by atoms with E-state index < -0.39 is 10.7 Å². The molecule has 1 heterocycles. The fraction of sp³-hybridized carbons (Fsp3) is 0.440. The van der Waals surface area contributed by atoms with Crippen LogP contribution in [0.1, 0.15) is 50.5 Å². The van der Waals surface area contributed by atoms with Crippen molar-refractivity contribution in [3.8, 4) is 0 Å². The minimum atomic E-state index is -0.591. The van der Waals surface area contributed by atoms with Crippen molar-refractivity contribution in [2.24, 2.45) is 0 Å². The normalized spacial score (nSPS) is 14.5. The van der Waals surface area contributed by atoms with E-state index in [9.17, 15) is 19.7 Å². The van der Waals surface area contributed by atoms with E-state index in [2.05, 4.69) is 17.3 Å². The molecule has 9 nitrogen and oxygen atoms in total. The van der Waals surface area contributed by atoms with Crippen LogP contribution in [0.5, 0.6) is 0 Å². The van der Waals surface area contributed by atoms with Gasteiger partial charge < -0.3 is 9.73 Å². The molecule has 0 bridgehead atoms. The molecule has 180 valence electrons. The Labute approximate surface area is 197 Å². The highest BCUT2D eigenvalue weighted by Gasteiger charge is 2.19. The Morgan fingerprint density at radius 3 is 2.74 bits per heavy atom. The van der Waals surface area contributed by atoms with Gasteiger partial charge in [0.1, 0.15) is 0 Å². The molecule has 1 aliphatic rings. The van der Waals surface area contributed by atoms with Gasteiger partial charge in [0.25, 0.3) is 5.69 Å². The molecule has 2 aromatic carbocycles. The quantitative estimate of drug-likeness (QED) is 0.362. The molecule has 34 heavy (non-hydrogen) atoms. The summed E-state index contributed by atoms with van der Waals surface area (Å²) in [6.45, 7) is 1.06. The number of fused-ring (bicyclic) bond motifs is 1. The summed E-state index contributed by atoms with van der Waals surface area (Å²) in [7, 11) is 2.15. The number of anilines is 1. The first kappa shape index (κ1) is 23.7. The number of non-ortho nitro benzene ring substituents is 1. The lowest BCUT2D eigenvalue weighted by Gasteiger charge is -2.31. The second-order valence-electron chi connectivity index (χ2n) is 8.94. The number of nitrogens with zero attached hydrogens (tertiary/aromatic N) is 3. The van der Waals surface area contributed by atoms with Crippen LogP contribution in [0.2, 0.25) is 0 Å². The van der Waals surface area contributed by atoms with Crippen LogP contribution in [0.15, 0.2) is 51.7 Å². The van der Waals surface area contributed by atoms with Crippen LogP contribution in [0.3, 0.4) is 0 Å². The third kappa shape index (κ3) is 5.53. The first-order valence-corrected chi connectivity index (χ1v) is 11.8. The first-order valence-electron chi connectivity index (χ1n) is 11.8. The number of hydrogen-bond donors (Lipinski definition) is 1. The lowest BCUT2D eigenvalue weighted by Crippen LogP contribution is -2.33. The van der Waals surface area contributed by atoms with Crippen molar-refractivity contribution < 1.29 is 14.1 Å². The Balaban J connectivity index is 1.35. The first-order chi connectivity index (χ1) is 16.4. The van der Waals surface area contributed by atoms with E-state index in [1.165, 1.54) is 54.9 Å². The van der Waals surface area contributed by atoms with E-state index in [1.807, 2.05) is 24.3 Å². The highest BCUT2D eigenvalue weighted by Crippen LogP contribution is 2.25. The predicted molar refractivity (Wildman–Crippen MR) is 130 cm³/mol. The Morgan fingerprint density at radius 2 is 1.97 bits per heavy atom. The molecule has 1 saturated carbocycles. The van der Waals surface area contributed by atoms with Crippen LogP contribution >= 0.6 is 0 Å². The number of carbonyl (C=O) groups is 1. The molecule has 9 heteroatoms. The molecule has 1 aliphatic carbocycles. The zero-order valence-corrected chi connectivity index (χ0v) is 19.4. The molecule has 0 saturated heterocycles. The van der Waals surface area contributed by atoms with Crippen molar-refractivity contribution >= 4 is 28.4 Å². The summed E-state index contributed by atoms with van der Waals surface area (Å²) in [5.74, 6) is -0.712. The van der Waals surface area contributed by atoms with Crippen LogP contribution in [0.4, 0.5) is 11.4 Å². The smallest absolute Gasteiger partial charge is 0.407 e. The highest BCUT2D eigenvalue weighted by molar-refractivity contribution is 5.91. The van der Waals surface area contributed by atoms with Crippen molar-refractivity contribution in [1.82, 2.24) is 9.47 Å². The van der Waals surface area contributed by atoms with Crippen molar-refractivity contribution in [2.75, 3.05) is 12.4 Å². The second kappa shape index (κ2) is 10.6. The fourth-order valence-electron chi connectivity index (χ4n) is 4.69. The number of amides is 1. The summed E-state index contributed by atoms with van der Waals surface area (Å²) < 4.78 is 6.55. The monoisotopic (exact) mass is 466 g/mol. The van der Waals surface area contributed by atoms with Crippen molar-refractivity contribution in [3.05, 3.63) is 68.7 Å². The number of nitro benzene ring substituents is 1. The molecular formula is C25H30N4O5. The molecule has 1 N–H and O–H groups in total. The van der Waals surface area contributed by atoms with Crippen molar-refractivity contribution in [1.29, 1.82) is 0 Å². The van der Waals surface area contributed by atoms with Gasteiger partial charge in [-0.1, -0.05) is 37.5 Å². The molecule has 1 aromatic heterocycles. The molecule has 3 aromatic rings. The van der Waals surface area contributed by atoms with E-state index in [1.54, 1.807) is 0 Å². The van der Waals surface area contributed by atoms with E-state index >= 15 is 0 Å². The van der Waals surface area contributed by atoms with Gasteiger partial charge >= 0.3 is 5.76 Å². The maximum Gasteiger partial charge on any atom is 0.419 e. The summed E-state index contributed by atoms with van der Waals surface area (Å²) >= 11 is 0. The summed E-state index contributed by atoms with van der Waals surface area (Å²) in [5.41, 5.74) is 2.41. The Hall–Kier alpha value is -3.46. The predicted octanol–water partition coefficient (Wildman–Crippen LogP) is 4.69. The molecule has 1 fully saturated rings.